The predicted octanol–water partition coefficient (Wildman–Crippen LogP) is 0.522. The summed E-state index contributed by atoms with van der Waals surface area (Å²) >= 11 is 0. The van der Waals surface area contributed by atoms with Gasteiger partial charge in [-0.1, -0.05) is 0 Å². The molecule has 0 atom stereocenters. The van der Waals surface area contributed by atoms with Crippen molar-refractivity contribution in [2.24, 2.45) is 0 Å². The van der Waals surface area contributed by atoms with Crippen molar-refractivity contribution in [1.82, 2.24) is 19.8 Å². The van der Waals surface area contributed by atoms with Gasteiger partial charge in [0.05, 0.1) is 6.33 Å². The smallest absolute Gasteiger partial charge is 0.354 e. The highest BCUT2D eigenvalue weighted by Gasteiger charge is 2.23. The zero-order chi connectivity index (χ0) is 14.4. The summed E-state index contributed by atoms with van der Waals surface area (Å²) in [5, 5.41) is 8.96. The number of nitrogens with zero attached hydrogens (tertiary/aromatic N) is 3. The van der Waals surface area contributed by atoms with Crippen molar-refractivity contribution in [3.63, 3.8) is 0 Å². The van der Waals surface area contributed by atoms with Crippen LogP contribution in [0, 0.1) is 0 Å². The SMILES string of the molecule is CCN(CCCN(C)C)C(=O)c1nc[nH]c1C(=O)O. The third kappa shape index (κ3) is 4.06. The van der Waals surface area contributed by atoms with Crippen LogP contribution in [0.25, 0.3) is 0 Å². The second-order valence-electron chi connectivity index (χ2n) is 4.47. The molecular formula is C12H20N4O3. The summed E-state index contributed by atoms with van der Waals surface area (Å²) in [6.07, 6.45) is 2.06. The van der Waals surface area contributed by atoms with Crippen LogP contribution in [0.15, 0.2) is 6.33 Å². The van der Waals surface area contributed by atoms with Gasteiger partial charge in [0.1, 0.15) is 0 Å². The van der Waals surface area contributed by atoms with E-state index in [1.54, 1.807) is 4.90 Å². The van der Waals surface area contributed by atoms with E-state index in [-0.39, 0.29) is 17.3 Å². The lowest BCUT2D eigenvalue weighted by Crippen LogP contribution is -2.34. The van der Waals surface area contributed by atoms with E-state index < -0.39 is 5.97 Å². The van der Waals surface area contributed by atoms with E-state index >= 15 is 0 Å². The highest BCUT2D eigenvalue weighted by atomic mass is 16.4. The van der Waals surface area contributed by atoms with Crippen LogP contribution in [-0.4, -0.2) is 70.5 Å². The van der Waals surface area contributed by atoms with E-state index in [0.717, 1.165) is 13.0 Å². The van der Waals surface area contributed by atoms with Crippen molar-refractivity contribution in [2.75, 3.05) is 33.7 Å². The van der Waals surface area contributed by atoms with Gasteiger partial charge in [-0.15, -0.1) is 0 Å². The Morgan fingerprint density at radius 2 is 2.05 bits per heavy atom. The van der Waals surface area contributed by atoms with E-state index in [9.17, 15) is 9.59 Å². The second-order valence-corrected chi connectivity index (χ2v) is 4.47. The van der Waals surface area contributed by atoms with Crippen molar-refractivity contribution in [3.8, 4) is 0 Å². The number of H-pyrrole nitrogens is 1. The number of imidazole rings is 1. The molecule has 0 aliphatic heterocycles. The van der Waals surface area contributed by atoms with Crippen molar-refractivity contribution in [2.45, 2.75) is 13.3 Å². The summed E-state index contributed by atoms with van der Waals surface area (Å²) in [7, 11) is 3.93. The predicted molar refractivity (Wildman–Crippen MR) is 70.3 cm³/mol. The average Bonchev–Trinajstić information content (AvgIpc) is 2.82. The Hall–Kier alpha value is -1.89. The summed E-state index contributed by atoms with van der Waals surface area (Å²) in [5.74, 6) is -1.52. The number of carboxylic acids is 1. The first-order valence-corrected chi connectivity index (χ1v) is 6.18. The summed E-state index contributed by atoms with van der Waals surface area (Å²) in [5.41, 5.74) is -0.185. The number of carbonyl (C=O) groups is 2. The normalized spacial score (nSPS) is 10.7. The van der Waals surface area contributed by atoms with E-state index in [1.807, 2.05) is 25.9 Å². The number of carboxylic acid groups (broad SMARTS) is 1. The fraction of sp³-hybridized carbons (Fsp3) is 0.583. The number of nitrogens with one attached hydrogen (secondary N) is 1. The number of aromatic carboxylic acids is 1. The quantitative estimate of drug-likeness (QED) is 0.752. The topological polar surface area (TPSA) is 89.5 Å². The van der Waals surface area contributed by atoms with Crippen LogP contribution in [0.1, 0.15) is 34.3 Å². The maximum absolute atomic E-state index is 12.2. The molecule has 7 nitrogen and oxygen atoms in total. The molecule has 0 aliphatic rings. The lowest BCUT2D eigenvalue weighted by atomic mass is 10.2. The molecule has 0 saturated heterocycles. The van der Waals surface area contributed by atoms with Gasteiger partial charge in [0.2, 0.25) is 0 Å². The first kappa shape index (κ1) is 15.2. The number of hydrogen-bond donors (Lipinski definition) is 2. The molecule has 106 valence electrons. The largest absolute Gasteiger partial charge is 0.477 e. The zero-order valence-electron chi connectivity index (χ0n) is 11.5. The summed E-state index contributed by atoms with van der Waals surface area (Å²) in [6, 6.07) is 0. The maximum Gasteiger partial charge on any atom is 0.354 e. The van der Waals surface area contributed by atoms with Crippen molar-refractivity contribution in [3.05, 3.63) is 17.7 Å². The molecule has 0 fully saturated rings. The Labute approximate surface area is 112 Å². The first-order chi connectivity index (χ1) is 8.97. The number of aromatic nitrogens is 2. The van der Waals surface area contributed by atoms with Gasteiger partial charge in [-0.3, -0.25) is 4.79 Å². The summed E-state index contributed by atoms with van der Waals surface area (Å²) in [6.45, 7) is 3.84. The summed E-state index contributed by atoms with van der Waals surface area (Å²) in [4.78, 5) is 33.1. The van der Waals surface area contributed by atoms with Gasteiger partial charge in [0, 0.05) is 13.1 Å². The number of aromatic amines is 1. The van der Waals surface area contributed by atoms with Gasteiger partial charge in [-0.2, -0.15) is 0 Å². The fourth-order valence-corrected chi connectivity index (χ4v) is 1.75. The monoisotopic (exact) mass is 268 g/mol. The third-order valence-electron chi connectivity index (χ3n) is 2.76. The van der Waals surface area contributed by atoms with E-state index in [2.05, 4.69) is 9.97 Å². The zero-order valence-corrected chi connectivity index (χ0v) is 11.5. The molecule has 0 aliphatic carbocycles. The van der Waals surface area contributed by atoms with Gasteiger partial charge < -0.3 is 19.9 Å². The molecule has 0 spiro atoms. The minimum Gasteiger partial charge on any atom is -0.477 e. The second kappa shape index (κ2) is 6.89. The molecule has 1 aromatic rings. The highest BCUT2D eigenvalue weighted by Crippen LogP contribution is 2.08. The molecule has 1 heterocycles. The molecule has 1 amide bonds. The van der Waals surface area contributed by atoms with Crippen molar-refractivity contribution in [1.29, 1.82) is 0 Å². The molecule has 1 aromatic heterocycles. The molecule has 0 unspecified atom stereocenters. The van der Waals surface area contributed by atoms with Crippen LogP contribution in [0.3, 0.4) is 0 Å². The lowest BCUT2D eigenvalue weighted by Gasteiger charge is -2.21. The van der Waals surface area contributed by atoms with Crippen LogP contribution in [0.4, 0.5) is 0 Å². The van der Waals surface area contributed by atoms with Crippen LogP contribution in [-0.2, 0) is 0 Å². The molecule has 19 heavy (non-hydrogen) atoms. The van der Waals surface area contributed by atoms with Gasteiger partial charge >= 0.3 is 5.97 Å². The van der Waals surface area contributed by atoms with Gasteiger partial charge in [-0.25, -0.2) is 9.78 Å². The molecule has 1 rings (SSSR count). The van der Waals surface area contributed by atoms with Gasteiger partial charge in [-0.05, 0) is 34.0 Å². The van der Waals surface area contributed by atoms with Gasteiger partial charge in [0.15, 0.2) is 11.4 Å². The van der Waals surface area contributed by atoms with Crippen LogP contribution < -0.4 is 0 Å². The Morgan fingerprint density at radius 1 is 1.37 bits per heavy atom. The minimum absolute atomic E-state index is 0.0285. The standard InChI is InChI=1S/C12H20N4O3/c1-4-16(7-5-6-15(2)3)11(17)9-10(12(18)19)14-8-13-9/h8H,4-7H2,1-3H3,(H,13,14)(H,18,19). The van der Waals surface area contributed by atoms with Crippen molar-refractivity contribution >= 4 is 11.9 Å². The number of carbonyl (C=O) groups excluding carboxylic acids is 1. The van der Waals surface area contributed by atoms with Crippen LogP contribution in [0.2, 0.25) is 0 Å². The van der Waals surface area contributed by atoms with Gasteiger partial charge in [0.25, 0.3) is 5.91 Å². The number of amides is 1. The van der Waals surface area contributed by atoms with E-state index in [0.29, 0.717) is 13.1 Å². The van der Waals surface area contributed by atoms with Crippen LogP contribution in [0.5, 0.6) is 0 Å². The number of rotatable bonds is 7. The Bertz CT molecular complexity index is 442. The third-order valence-corrected chi connectivity index (χ3v) is 2.76. The highest BCUT2D eigenvalue weighted by molar-refractivity contribution is 6.02. The molecule has 0 bridgehead atoms. The molecule has 2 N–H and O–H groups in total. The Kier molecular flexibility index (Phi) is 5.50. The minimum atomic E-state index is -1.18. The summed E-state index contributed by atoms with van der Waals surface area (Å²) < 4.78 is 0. The number of hydrogen-bond acceptors (Lipinski definition) is 4. The molecular weight excluding hydrogens is 248 g/mol. The van der Waals surface area contributed by atoms with Crippen molar-refractivity contribution < 1.29 is 14.7 Å². The average molecular weight is 268 g/mol. The molecule has 7 heteroatoms. The molecule has 0 radical (unpaired) electrons. The maximum atomic E-state index is 12.2. The lowest BCUT2D eigenvalue weighted by molar-refractivity contribution is 0.0669. The van der Waals surface area contributed by atoms with E-state index in [1.165, 1.54) is 6.33 Å². The fourth-order valence-electron chi connectivity index (χ4n) is 1.75. The molecule has 0 saturated carbocycles. The Balaban J connectivity index is 2.72. The molecule has 0 aromatic carbocycles. The Morgan fingerprint density at radius 3 is 2.58 bits per heavy atom. The van der Waals surface area contributed by atoms with E-state index in [4.69, 9.17) is 5.11 Å². The van der Waals surface area contributed by atoms with Crippen LogP contribution >= 0.6 is 0 Å². The first-order valence-electron chi connectivity index (χ1n) is 6.18.